The van der Waals surface area contributed by atoms with Gasteiger partial charge >= 0.3 is 0 Å². The number of phenols is 1. The first kappa shape index (κ1) is 8.74. The van der Waals surface area contributed by atoms with Crippen LogP contribution in [-0.2, 0) is 0 Å². The number of hydrogen-bond donors (Lipinski definition) is 1. The molecule has 0 bridgehead atoms. The lowest BCUT2D eigenvalue weighted by atomic mass is 10.2. The molecule has 4 nitrogen and oxygen atoms in total. The summed E-state index contributed by atoms with van der Waals surface area (Å²) in [7, 11) is 0. The minimum atomic E-state index is 0.193. The largest absolute Gasteiger partial charge is 0.507 e. The van der Waals surface area contributed by atoms with Gasteiger partial charge in [-0.1, -0.05) is 6.07 Å². The van der Waals surface area contributed by atoms with Gasteiger partial charge in [-0.15, -0.1) is 5.10 Å². The summed E-state index contributed by atoms with van der Waals surface area (Å²) in [6, 6.07) is 5.20. The zero-order chi connectivity index (χ0) is 9.97. The van der Waals surface area contributed by atoms with Crippen molar-refractivity contribution in [2.75, 3.05) is 6.61 Å². The van der Waals surface area contributed by atoms with E-state index in [-0.39, 0.29) is 5.75 Å². The van der Waals surface area contributed by atoms with Gasteiger partial charge in [0, 0.05) is 5.39 Å². The Bertz CT molecular complexity index is 457. The van der Waals surface area contributed by atoms with Crippen LogP contribution in [0.25, 0.3) is 10.8 Å². The minimum absolute atomic E-state index is 0.193. The minimum Gasteiger partial charge on any atom is -0.507 e. The summed E-state index contributed by atoms with van der Waals surface area (Å²) in [6.45, 7) is 2.41. The number of benzene rings is 1. The van der Waals surface area contributed by atoms with Crippen LogP contribution in [0.3, 0.4) is 0 Å². The topological polar surface area (TPSA) is 55.2 Å². The summed E-state index contributed by atoms with van der Waals surface area (Å²) in [5.41, 5.74) is 0. The number of aromatic hydroxyl groups is 1. The molecular weight excluding hydrogens is 180 g/mol. The van der Waals surface area contributed by atoms with Crippen molar-refractivity contribution in [3.8, 4) is 11.6 Å². The van der Waals surface area contributed by atoms with Gasteiger partial charge in [0.2, 0.25) is 5.88 Å². The van der Waals surface area contributed by atoms with Crippen molar-refractivity contribution in [2.24, 2.45) is 0 Å². The van der Waals surface area contributed by atoms with Gasteiger partial charge in [-0.25, -0.2) is 0 Å². The highest BCUT2D eigenvalue weighted by Gasteiger charge is 2.06. The predicted molar refractivity (Wildman–Crippen MR) is 52.4 cm³/mol. The Labute approximate surface area is 81.2 Å². The zero-order valence-electron chi connectivity index (χ0n) is 7.77. The fourth-order valence-electron chi connectivity index (χ4n) is 1.31. The van der Waals surface area contributed by atoms with E-state index in [9.17, 15) is 5.11 Å². The third-order valence-corrected chi connectivity index (χ3v) is 1.93. The van der Waals surface area contributed by atoms with E-state index in [0.29, 0.717) is 17.9 Å². The number of rotatable bonds is 2. The lowest BCUT2D eigenvalue weighted by Gasteiger charge is -2.05. The summed E-state index contributed by atoms with van der Waals surface area (Å²) in [6.07, 6.45) is 1.52. The van der Waals surface area contributed by atoms with Crippen LogP contribution in [-0.4, -0.2) is 21.9 Å². The van der Waals surface area contributed by atoms with Crippen molar-refractivity contribution in [3.63, 3.8) is 0 Å². The Morgan fingerprint density at radius 2 is 2.21 bits per heavy atom. The summed E-state index contributed by atoms with van der Waals surface area (Å²) in [5.74, 6) is 0.652. The molecule has 0 spiro atoms. The summed E-state index contributed by atoms with van der Waals surface area (Å²) in [5, 5.41) is 18.6. The maximum absolute atomic E-state index is 9.54. The lowest BCUT2D eigenvalue weighted by molar-refractivity contribution is 0.327. The summed E-state index contributed by atoms with van der Waals surface area (Å²) < 4.78 is 5.29. The first-order valence-electron chi connectivity index (χ1n) is 4.39. The SMILES string of the molecule is CCOc1nncc2c(O)cccc12. The van der Waals surface area contributed by atoms with Crippen molar-refractivity contribution in [2.45, 2.75) is 6.92 Å². The van der Waals surface area contributed by atoms with Gasteiger partial charge in [-0.3, -0.25) is 0 Å². The molecule has 0 saturated heterocycles. The third kappa shape index (κ3) is 1.35. The molecule has 0 aliphatic carbocycles. The van der Waals surface area contributed by atoms with E-state index in [1.54, 1.807) is 12.1 Å². The molecular formula is C10H10N2O2. The van der Waals surface area contributed by atoms with Crippen LogP contribution in [0, 0.1) is 0 Å². The molecule has 0 fully saturated rings. The number of phenolic OH excluding ortho intramolecular Hbond substituents is 1. The van der Waals surface area contributed by atoms with E-state index in [0.717, 1.165) is 5.39 Å². The Morgan fingerprint density at radius 1 is 1.36 bits per heavy atom. The van der Waals surface area contributed by atoms with Gasteiger partial charge in [0.25, 0.3) is 0 Å². The van der Waals surface area contributed by atoms with Gasteiger partial charge < -0.3 is 9.84 Å². The van der Waals surface area contributed by atoms with E-state index in [1.165, 1.54) is 6.20 Å². The van der Waals surface area contributed by atoms with Gasteiger partial charge in [0.1, 0.15) is 5.75 Å². The van der Waals surface area contributed by atoms with Crippen LogP contribution >= 0.6 is 0 Å². The number of ether oxygens (including phenoxy) is 1. The average Bonchev–Trinajstić information content (AvgIpc) is 2.20. The first-order chi connectivity index (χ1) is 6.83. The van der Waals surface area contributed by atoms with Crippen LogP contribution in [0.2, 0.25) is 0 Å². The monoisotopic (exact) mass is 190 g/mol. The van der Waals surface area contributed by atoms with Gasteiger partial charge in [0.15, 0.2) is 0 Å². The maximum Gasteiger partial charge on any atom is 0.241 e. The van der Waals surface area contributed by atoms with Crippen molar-refractivity contribution in [3.05, 3.63) is 24.4 Å². The van der Waals surface area contributed by atoms with Gasteiger partial charge in [-0.05, 0) is 19.1 Å². The molecule has 4 heteroatoms. The Hall–Kier alpha value is -1.84. The molecule has 1 N–H and O–H groups in total. The first-order valence-corrected chi connectivity index (χ1v) is 4.39. The number of nitrogens with zero attached hydrogens (tertiary/aromatic N) is 2. The molecule has 0 aliphatic heterocycles. The van der Waals surface area contributed by atoms with E-state index in [1.807, 2.05) is 13.0 Å². The molecule has 0 unspecified atom stereocenters. The molecule has 0 saturated carbocycles. The number of hydrogen-bond acceptors (Lipinski definition) is 4. The third-order valence-electron chi connectivity index (χ3n) is 1.93. The van der Waals surface area contributed by atoms with Crippen molar-refractivity contribution < 1.29 is 9.84 Å². The van der Waals surface area contributed by atoms with E-state index >= 15 is 0 Å². The molecule has 1 heterocycles. The Kier molecular flexibility index (Phi) is 2.18. The van der Waals surface area contributed by atoms with E-state index < -0.39 is 0 Å². The molecule has 0 radical (unpaired) electrons. The van der Waals surface area contributed by atoms with Crippen LogP contribution < -0.4 is 4.74 Å². The zero-order valence-corrected chi connectivity index (χ0v) is 7.77. The molecule has 0 aliphatic rings. The molecule has 1 aromatic carbocycles. The lowest BCUT2D eigenvalue weighted by Crippen LogP contribution is -1.96. The van der Waals surface area contributed by atoms with Crippen LogP contribution in [0.1, 0.15) is 6.92 Å². The number of fused-ring (bicyclic) bond motifs is 1. The van der Waals surface area contributed by atoms with Crippen LogP contribution in [0.4, 0.5) is 0 Å². The van der Waals surface area contributed by atoms with E-state index in [4.69, 9.17) is 4.74 Å². The molecule has 2 rings (SSSR count). The highest BCUT2D eigenvalue weighted by atomic mass is 16.5. The molecule has 14 heavy (non-hydrogen) atoms. The number of aromatic nitrogens is 2. The summed E-state index contributed by atoms with van der Waals surface area (Å²) >= 11 is 0. The Morgan fingerprint density at radius 3 is 3.00 bits per heavy atom. The standard InChI is InChI=1S/C10H10N2O2/c1-2-14-10-7-4-3-5-9(13)8(7)6-11-12-10/h3-6,13H,2H2,1H3. The fourth-order valence-corrected chi connectivity index (χ4v) is 1.31. The highest BCUT2D eigenvalue weighted by Crippen LogP contribution is 2.28. The molecule has 0 amide bonds. The highest BCUT2D eigenvalue weighted by molar-refractivity contribution is 5.90. The van der Waals surface area contributed by atoms with E-state index in [2.05, 4.69) is 10.2 Å². The second-order valence-corrected chi connectivity index (χ2v) is 2.82. The average molecular weight is 190 g/mol. The van der Waals surface area contributed by atoms with Gasteiger partial charge in [0.05, 0.1) is 18.2 Å². The molecule has 72 valence electrons. The molecule has 0 atom stereocenters. The van der Waals surface area contributed by atoms with Crippen molar-refractivity contribution in [1.29, 1.82) is 0 Å². The van der Waals surface area contributed by atoms with Crippen molar-refractivity contribution >= 4 is 10.8 Å². The second kappa shape index (κ2) is 3.49. The molecule has 2 aromatic rings. The smallest absolute Gasteiger partial charge is 0.241 e. The van der Waals surface area contributed by atoms with Crippen LogP contribution in [0.5, 0.6) is 11.6 Å². The predicted octanol–water partition coefficient (Wildman–Crippen LogP) is 1.73. The fraction of sp³-hybridized carbons (Fsp3) is 0.200. The van der Waals surface area contributed by atoms with Crippen molar-refractivity contribution in [1.82, 2.24) is 10.2 Å². The summed E-state index contributed by atoms with van der Waals surface area (Å²) in [4.78, 5) is 0. The van der Waals surface area contributed by atoms with Gasteiger partial charge in [-0.2, -0.15) is 5.10 Å². The second-order valence-electron chi connectivity index (χ2n) is 2.82. The molecule has 1 aromatic heterocycles. The maximum atomic E-state index is 9.54. The quantitative estimate of drug-likeness (QED) is 0.783. The van der Waals surface area contributed by atoms with Crippen LogP contribution in [0.15, 0.2) is 24.4 Å². The Balaban J connectivity index is 2.68. The normalized spacial score (nSPS) is 10.4.